The number of thiophene rings is 1. The smallest absolute Gasteiger partial charge is 0.375 e. The molecule has 1 heterocycles. The molecule has 232 valence electrons. The van der Waals surface area contributed by atoms with E-state index in [4.69, 9.17) is 4.84 Å². The number of hydrogen-bond acceptors (Lipinski definition) is 8. The van der Waals surface area contributed by atoms with Gasteiger partial charge in [0.05, 0.1) is 0 Å². The van der Waals surface area contributed by atoms with Crippen molar-refractivity contribution in [2.24, 2.45) is 5.16 Å². The van der Waals surface area contributed by atoms with Crippen molar-refractivity contribution in [1.82, 2.24) is 0 Å². The molecular weight excluding hydrogens is 595 g/mol. The molecule has 46 heavy (non-hydrogen) atoms. The highest BCUT2D eigenvalue weighted by molar-refractivity contribution is 7.11. The van der Waals surface area contributed by atoms with Gasteiger partial charge in [-0.15, -0.1) is 11.3 Å². The summed E-state index contributed by atoms with van der Waals surface area (Å²) in [4.78, 5) is 48.3. The van der Waals surface area contributed by atoms with E-state index in [0.29, 0.717) is 21.7 Å². The molecule has 0 atom stereocenters. The minimum atomic E-state index is -0.544. The number of nitrogens with zero attached hydrogens (tertiary/aromatic N) is 3. The van der Waals surface area contributed by atoms with Crippen LogP contribution in [0, 0.1) is 0 Å². The molecule has 0 unspecified atom stereocenters. The summed E-state index contributed by atoms with van der Waals surface area (Å²) in [6.07, 6.45) is 0.504. The van der Waals surface area contributed by atoms with Gasteiger partial charge in [0.1, 0.15) is 10.6 Å². The monoisotopic (exact) mass is 629 g/mol. The van der Waals surface area contributed by atoms with Gasteiger partial charge in [-0.2, -0.15) is 0 Å². The zero-order valence-electron chi connectivity index (χ0n) is 26.3. The molecule has 0 aliphatic heterocycles. The van der Waals surface area contributed by atoms with Gasteiger partial charge in [-0.25, -0.2) is 4.79 Å². The lowest BCUT2D eigenvalue weighted by molar-refractivity contribution is 0.0522. The van der Waals surface area contributed by atoms with E-state index in [0.717, 1.165) is 33.6 Å². The molecule has 0 aliphatic carbocycles. The molecule has 0 amide bonds. The number of carbonyl (C=O) groups excluding carboxylic acids is 3. The number of oxime groups is 1. The Morgan fingerprint density at radius 2 is 1.00 bits per heavy atom. The molecule has 7 nitrogen and oxygen atoms in total. The molecule has 0 radical (unpaired) electrons. The van der Waals surface area contributed by atoms with Crippen LogP contribution >= 0.6 is 11.3 Å². The van der Waals surface area contributed by atoms with Crippen molar-refractivity contribution < 1.29 is 19.2 Å². The zero-order chi connectivity index (χ0) is 32.6. The normalized spacial score (nSPS) is 10.6. The van der Waals surface area contributed by atoms with Crippen LogP contribution in [0.25, 0.3) is 0 Å². The third-order valence-electron chi connectivity index (χ3n) is 7.54. The van der Waals surface area contributed by atoms with Crippen LogP contribution in [-0.4, -0.2) is 51.4 Å². The zero-order valence-corrected chi connectivity index (χ0v) is 27.1. The highest BCUT2D eigenvalue weighted by Crippen LogP contribution is 2.20. The number of Topliss-reactive ketones (excluding diaryl/α,β-unsaturated/α-hetero) is 2. The van der Waals surface area contributed by atoms with E-state index in [1.165, 1.54) is 11.3 Å². The predicted molar refractivity (Wildman–Crippen MR) is 186 cm³/mol. The molecule has 0 fully saturated rings. The molecule has 5 rings (SSSR count). The van der Waals surface area contributed by atoms with Gasteiger partial charge >= 0.3 is 5.97 Å². The maximum absolute atomic E-state index is 12.9. The number of carbonyl (C=O) groups is 3. The second-order valence-electron chi connectivity index (χ2n) is 11.3. The molecule has 0 N–H and O–H groups in total. The van der Waals surface area contributed by atoms with E-state index in [2.05, 4.69) is 5.16 Å². The Morgan fingerprint density at radius 3 is 1.37 bits per heavy atom. The summed E-state index contributed by atoms with van der Waals surface area (Å²) in [6.45, 7) is 0. The molecule has 0 saturated heterocycles. The minimum absolute atomic E-state index is 0.0237. The van der Waals surface area contributed by atoms with Crippen LogP contribution in [0.2, 0.25) is 0 Å². The van der Waals surface area contributed by atoms with Gasteiger partial charge in [0.2, 0.25) is 0 Å². The summed E-state index contributed by atoms with van der Waals surface area (Å²) in [5, 5.41) is 6.07. The lowest BCUT2D eigenvalue weighted by atomic mass is 9.96. The van der Waals surface area contributed by atoms with Gasteiger partial charge in [0, 0.05) is 74.7 Å². The van der Waals surface area contributed by atoms with Crippen molar-refractivity contribution >= 4 is 46.0 Å². The van der Waals surface area contributed by atoms with E-state index in [1.54, 1.807) is 17.5 Å². The summed E-state index contributed by atoms with van der Waals surface area (Å²) >= 11 is 1.28. The largest absolute Gasteiger partial charge is 0.378 e. The Balaban J connectivity index is 1.33. The third-order valence-corrected chi connectivity index (χ3v) is 8.39. The van der Waals surface area contributed by atoms with Crippen LogP contribution in [0.4, 0.5) is 11.4 Å². The molecule has 0 aliphatic rings. The molecule has 0 spiro atoms. The lowest BCUT2D eigenvalue weighted by Crippen LogP contribution is -2.10. The first-order valence-corrected chi connectivity index (χ1v) is 15.7. The van der Waals surface area contributed by atoms with Crippen molar-refractivity contribution in [2.75, 3.05) is 38.0 Å². The van der Waals surface area contributed by atoms with Gasteiger partial charge in [-0.1, -0.05) is 59.8 Å². The molecule has 0 bridgehead atoms. The maximum atomic E-state index is 12.9. The van der Waals surface area contributed by atoms with Gasteiger partial charge in [0.25, 0.3) is 0 Å². The molecular formula is C38H35N3O4S. The molecule has 5 aromatic rings. The van der Waals surface area contributed by atoms with Crippen LogP contribution in [-0.2, 0) is 17.7 Å². The summed E-state index contributed by atoms with van der Waals surface area (Å²) in [5.74, 6) is -0.497. The standard InChI is InChI=1S/C38H35N3O4S/c1-40(2)32-19-15-28(16-20-32)34(42)24-26-7-11-30(12-8-26)37(39-45-38(44)36-6-5-23-46-36)31-13-9-27(10-14-31)25-35(43)29-17-21-33(22-18-29)41(3)4/h5-23H,24-25H2,1-4H3. The topological polar surface area (TPSA) is 79.3 Å². The molecule has 8 heteroatoms. The van der Waals surface area contributed by atoms with Crippen LogP contribution in [0.5, 0.6) is 0 Å². The van der Waals surface area contributed by atoms with Crippen LogP contribution in [0.1, 0.15) is 52.6 Å². The van der Waals surface area contributed by atoms with Gasteiger partial charge in [-0.05, 0) is 71.1 Å². The van der Waals surface area contributed by atoms with Crippen molar-refractivity contribution in [3.05, 3.63) is 153 Å². The Kier molecular flexibility index (Phi) is 10.2. The summed E-state index contributed by atoms with van der Waals surface area (Å²) in [6, 6.07) is 33.5. The van der Waals surface area contributed by atoms with E-state index in [9.17, 15) is 14.4 Å². The number of rotatable bonds is 12. The SMILES string of the molecule is CN(C)c1ccc(C(=O)Cc2ccc(C(=NOC(=O)c3cccs3)c3ccc(CC(=O)c4ccc(N(C)C)cc4)cc3)cc2)cc1. The van der Waals surface area contributed by atoms with Crippen molar-refractivity contribution in [2.45, 2.75) is 12.8 Å². The van der Waals surface area contributed by atoms with Crippen molar-refractivity contribution in [3.63, 3.8) is 0 Å². The fourth-order valence-electron chi connectivity index (χ4n) is 4.83. The van der Waals surface area contributed by atoms with E-state index in [-0.39, 0.29) is 24.4 Å². The summed E-state index contributed by atoms with van der Waals surface area (Å²) in [7, 11) is 7.84. The van der Waals surface area contributed by atoms with Gasteiger partial charge < -0.3 is 14.6 Å². The van der Waals surface area contributed by atoms with E-state index < -0.39 is 5.97 Å². The highest BCUT2D eigenvalue weighted by Gasteiger charge is 2.15. The van der Waals surface area contributed by atoms with Gasteiger partial charge in [-0.3, -0.25) is 9.59 Å². The van der Waals surface area contributed by atoms with Crippen molar-refractivity contribution in [3.8, 4) is 0 Å². The second-order valence-corrected chi connectivity index (χ2v) is 12.2. The first-order chi connectivity index (χ1) is 22.2. The Hall–Kier alpha value is -5.34. The number of benzene rings is 4. The number of ketones is 2. The highest BCUT2D eigenvalue weighted by atomic mass is 32.1. The van der Waals surface area contributed by atoms with Crippen LogP contribution in [0.15, 0.2) is 120 Å². The average Bonchev–Trinajstić information content (AvgIpc) is 3.62. The minimum Gasteiger partial charge on any atom is -0.378 e. The first-order valence-electron chi connectivity index (χ1n) is 14.8. The summed E-state index contributed by atoms with van der Waals surface area (Å²) < 4.78 is 0. The van der Waals surface area contributed by atoms with Gasteiger partial charge in [0.15, 0.2) is 11.6 Å². The molecule has 0 saturated carbocycles. The third kappa shape index (κ3) is 8.02. The average molecular weight is 630 g/mol. The molecule has 1 aromatic heterocycles. The maximum Gasteiger partial charge on any atom is 0.375 e. The fourth-order valence-corrected chi connectivity index (χ4v) is 5.42. The van der Waals surface area contributed by atoms with E-state index in [1.807, 2.05) is 135 Å². The number of hydrogen-bond donors (Lipinski definition) is 0. The van der Waals surface area contributed by atoms with Crippen molar-refractivity contribution in [1.29, 1.82) is 0 Å². The quantitative estimate of drug-likeness (QED) is 0.0622. The van der Waals surface area contributed by atoms with E-state index >= 15 is 0 Å². The lowest BCUT2D eigenvalue weighted by Gasteiger charge is -2.12. The second kappa shape index (κ2) is 14.6. The first kappa shape index (κ1) is 32.1. The van der Waals surface area contributed by atoms with Crippen LogP contribution < -0.4 is 9.80 Å². The molecule has 4 aromatic carbocycles. The fraction of sp³-hybridized carbons (Fsp3) is 0.158. The Morgan fingerprint density at radius 1 is 0.587 bits per heavy atom. The predicted octanol–water partition coefficient (Wildman–Crippen LogP) is 7.34. The van der Waals surface area contributed by atoms with Crippen LogP contribution in [0.3, 0.4) is 0 Å². The summed E-state index contributed by atoms with van der Waals surface area (Å²) in [5.41, 5.74) is 6.97. The number of anilines is 2. The Bertz CT molecular complexity index is 1710. The Labute approximate surface area is 273 Å².